The number of carbonyl (C=O) groups excluding carboxylic acids is 1. The fourth-order valence-corrected chi connectivity index (χ4v) is 4.62. The van der Waals surface area contributed by atoms with Crippen molar-refractivity contribution < 1.29 is 9.53 Å². The molecule has 4 aromatic carbocycles. The van der Waals surface area contributed by atoms with Crippen molar-refractivity contribution in [2.75, 3.05) is 5.32 Å². The molecular weight excluding hydrogens is 474 g/mol. The highest BCUT2D eigenvalue weighted by atomic mass is 32.1. The fourth-order valence-electron chi connectivity index (χ4n) is 3.65. The molecule has 172 valence electrons. The summed E-state index contributed by atoms with van der Waals surface area (Å²) in [5.41, 5.74) is 3.47. The van der Waals surface area contributed by atoms with Crippen LogP contribution in [0.15, 0.2) is 102 Å². The zero-order chi connectivity index (χ0) is 24.0. The second-order valence-corrected chi connectivity index (χ2v) is 9.04. The van der Waals surface area contributed by atoms with Crippen LogP contribution in [0, 0.1) is 0 Å². The third-order valence-electron chi connectivity index (χ3n) is 5.38. The lowest BCUT2D eigenvalue weighted by molar-refractivity contribution is 0.0977. The van der Waals surface area contributed by atoms with Gasteiger partial charge in [-0.3, -0.25) is 10.1 Å². The van der Waals surface area contributed by atoms with E-state index in [0.717, 1.165) is 27.6 Å². The van der Waals surface area contributed by atoms with Gasteiger partial charge in [0.05, 0.1) is 5.69 Å². The van der Waals surface area contributed by atoms with Crippen molar-refractivity contribution in [2.45, 2.75) is 6.61 Å². The van der Waals surface area contributed by atoms with Gasteiger partial charge in [-0.15, -0.1) is 11.3 Å². The van der Waals surface area contributed by atoms with Crippen molar-refractivity contribution in [1.82, 2.24) is 10.3 Å². The van der Waals surface area contributed by atoms with Crippen LogP contribution in [-0.2, 0) is 6.61 Å². The SMILES string of the molecule is O=C(NC(=S)Nc1nc(-c2cccc3ccccc23)cs1)c1ccc(OCc2ccccc2)cc1. The summed E-state index contributed by atoms with van der Waals surface area (Å²) in [5, 5.41) is 10.8. The normalized spacial score (nSPS) is 10.6. The van der Waals surface area contributed by atoms with Gasteiger partial charge in [-0.1, -0.05) is 72.8 Å². The molecule has 5 rings (SSSR count). The minimum atomic E-state index is -0.303. The predicted octanol–water partition coefficient (Wildman–Crippen LogP) is 6.67. The Hall–Kier alpha value is -4.07. The third kappa shape index (κ3) is 5.54. The number of aromatic nitrogens is 1. The van der Waals surface area contributed by atoms with E-state index in [1.165, 1.54) is 11.3 Å². The third-order valence-corrected chi connectivity index (χ3v) is 6.34. The fraction of sp³-hybridized carbons (Fsp3) is 0.0357. The average molecular weight is 496 g/mol. The predicted molar refractivity (Wildman–Crippen MR) is 146 cm³/mol. The Bertz CT molecular complexity index is 1480. The number of thiazole rings is 1. The van der Waals surface area contributed by atoms with Gasteiger partial charge in [-0.05, 0) is 52.8 Å². The van der Waals surface area contributed by atoms with Crippen LogP contribution < -0.4 is 15.4 Å². The van der Waals surface area contributed by atoms with Gasteiger partial charge in [0.15, 0.2) is 10.2 Å². The van der Waals surface area contributed by atoms with Crippen LogP contribution in [-0.4, -0.2) is 16.0 Å². The Morgan fingerprint density at radius 1 is 0.886 bits per heavy atom. The maximum absolute atomic E-state index is 12.6. The maximum atomic E-state index is 12.6. The summed E-state index contributed by atoms with van der Waals surface area (Å²) in [6.07, 6.45) is 0. The van der Waals surface area contributed by atoms with Crippen molar-refractivity contribution in [1.29, 1.82) is 0 Å². The number of hydrogen-bond donors (Lipinski definition) is 2. The molecule has 35 heavy (non-hydrogen) atoms. The van der Waals surface area contributed by atoms with E-state index >= 15 is 0 Å². The number of anilines is 1. The van der Waals surface area contributed by atoms with E-state index in [9.17, 15) is 4.79 Å². The molecule has 0 saturated heterocycles. The number of ether oxygens (including phenoxy) is 1. The lowest BCUT2D eigenvalue weighted by Gasteiger charge is -2.09. The van der Waals surface area contributed by atoms with Crippen LogP contribution in [0.2, 0.25) is 0 Å². The molecule has 0 fully saturated rings. The minimum absolute atomic E-state index is 0.193. The lowest BCUT2D eigenvalue weighted by atomic mass is 10.0. The highest BCUT2D eigenvalue weighted by molar-refractivity contribution is 7.80. The molecule has 0 aliphatic carbocycles. The molecule has 0 aliphatic rings. The zero-order valence-corrected chi connectivity index (χ0v) is 20.2. The quantitative estimate of drug-likeness (QED) is 0.258. The van der Waals surface area contributed by atoms with Gasteiger partial charge in [0.1, 0.15) is 12.4 Å². The van der Waals surface area contributed by atoms with Gasteiger partial charge in [-0.2, -0.15) is 0 Å². The van der Waals surface area contributed by atoms with Crippen molar-refractivity contribution in [3.05, 3.63) is 114 Å². The molecule has 5 aromatic rings. The molecule has 1 amide bonds. The molecule has 5 nitrogen and oxygen atoms in total. The van der Waals surface area contributed by atoms with Crippen LogP contribution in [0.4, 0.5) is 5.13 Å². The van der Waals surface area contributed by atoms with Crippen LogP contribution >= 0.6 is 23.6 Å². The molecule has 7 heteroatoms. The molecule has 2 N–H and O–H groups in total. The van der Waals surface area contributed by atoms with Crippen LogP contribution in [0.3, 0.4) is 0 Å². The van der Waals surface area contributed by atoms with Gasteiger partial charge >= 0.3 is 0 Å². The molecule has 0 aliphatic heterocycles. The minimum Gasteiger partial charge on any atom is -0.489 e. The molecule has 0 unspecified atom stereocenters. The molecule has 0 bridgehead atoms. The molecular formula is C28H21N3O2S2. The van der Waals surface area contributed by atoms with E-state index in [2.05, 4.69) is 39.9 Å². The summed E-state index contributed by atoms with van der Waals surface area (Å²) >= 11 is 6.77. The number of carbonyl (C=O) groups is 1. The second-order valence-electron chi connectivity index (χ2n) is 7.77. The first-order valence-electron chi connectivity index (χ1n) is 11.0. The Morgan fingerprint density at radius 2 is 1.63 bits per heavy atom. The number of nitrogens with zero attached hydrogens (tertiary/aromatic N) is 1. The number of nitrogens with one attached hydrogen (secondary N) is 2. The van der Waals surface area contributed by atoms with E-state index in [1.807, 2.05) is 53.9 Å². The largest absolute Gasteiger partial charge is 0.489 e. The Morgan fingerprint density at radius 3 is 2.46 bits per heavy atom. The smallest absolute Gasteiger partial charge is 0.257 e. The molecule has 1 heterocycles. The number of rotatable bonds is 6. The van der Waals surface area contributed by atoms with Gasteiger partial charge in [0.25, 0.3) is 5.91 Å². The average Bonchev–Trinajstić information content (AvgIpc) is 3.36. The van der Waals surface area contributed by atoms with E-state index < -0.39 is 0 Å². The Kier molecular flexibility index (Phi) is 6.79. The lowest BCUT2D eigenvalue weighted by Crippen LogP contribution is -2.34. The first kappa shape index (κ1) is 22.7. The maximum Gasteiger partial charge on any atom is 0.257 e. The first-order chi connectivity index (χ1) is 17.2. The zero-order valence-electron chi connectivity index (χ0n) is 18.6. The number of hydrogen-bond acceptors (Lipinski definition) is 5. The first-order valence-corrected chi connectivity index (χ1v) is 12.3. The van der Waals surface area contributed by atoms with Crippen molar-refractivity contribution >= 4 is 50.5 Å². The highest BCUT2D eigenvalue weighted by Gasteiger charge is 2.12. The van der Waals surface area contributed by atoms with Gasteiger partial charge in [0.2, 0.25) is 0 Å². The Balaban J connectivity index is 1.18. The standard InChI is InChI=1S/C28H21N3O2S2/c32-26(21-13-15-22(16-14-21)33-17-19-7-2-1-3-8-19)30-27(34)31-28-29-25(18-35-28)24-12-6-10-20-9-4-5-11-23(20)24/h1-16,18H,17H2,(H2,29,30,31,32,34). The summed E-state index contributed by atoms with van der Waals surface area (Å²) < 4.78 is 5.78. The molecule has 1 aromatic heterocycles. The number of fused-ring (bicyclic) bond motifs is 1. The van der Waals surface area contributed by atoms with Gasteiger partial charge in [0, 0.05) is 16.5 Å². The van der Waals surface area contributed by atoms with E-state index in [-0.39, 0.29) is 11.0 Å². The summed E-state index contributed by atoms with van der Waals surface area (Å²) in [4.78, 5) is 17.3. The number of thiocarbonyl (C=S) groups is 1. The Labute approximate surface area is 212 Å². The number of amides is 1. The van der Waals surface area contributed by atoms with Crippen LogP contribution in [0.25, 0.3) is 22.0 Å². The van der Waals surface area contributed by atoms with Crippen LogP contribution in [0.5, 0.6) is 5.75 Å². The summed E-state index contributed by atoms with van der Waals surface area (Å²) in [6, 6.07) is 31.2. The number of benzene rings is 4. The second kappa shape index (κ2) is 10.5. The summed E-state index contributed by atoms with van der Waals surface area (Å²) in [6.45, 7) is 0.467. The summed E-state index contributed by atoms with van der Waals surface area (Å²) in [5.74, 6) is 0.387. The van der Waals surface area contributed by atoms with Gasteiger partial charge in [-0.25, -0.2) is 4.98 Å². The molecule has 0 saturated carbocycles. The van der Waals surface area contributed by atoms with E-state index in [4.69, 9.17) is 17.0 Å². The molecule has 0 atom stereocenters. The monoisotopic (exact) mass is 495 g/mol. The topological polar surface area (TPSA) is 63.2 Å². The highest BCUT2D eigenvalue weighted by Crippen LogP contribution is 2.31. The van der Waals surface area contributed by atoms with Crippen molar-refractivity contribution in [3.8, 4) is 17.0 Å². The van der Waals surface area contributed by atoms with Crippen molar-refractivity contribution in [3.63, 3.8) is 0 Å². The molecule has 0 spiro atoms. The van der Waals surface area contributed by atoms with Crippen molar-refractivity contribution in [2.24, 2.45) is 0 Å². The molecule has 0 radical (unpaired) electrons. The van der Waals surface area contributed by atoms with Crippen LogP contribution in [0.1, 0.15) is 15.9 Å². The van der Waals surface area contributed by atoms with E-state index in [1.54, 1.807) is 24.3 Å². The van der Waals surface area contributed by atoms with Gasteiger partial charge < -0.3 is 10.1 Å². The summed E-state index contributed by atoms with van der Waals surface area (Å²) in [7, 11) is 0. The van der Waals surface area contributed by atoms with E-state index in [0.29, 0.717) is 23.1 Å².